The number of alkyl halides is 1. The molecule has 0 atom stereocenters. The van der Waals surface area contributed by atoms with Crippen LogP contribution in [0.1, 0.15) is 26.7 Å². The van der Waals surface area contributed by atoms with Crippen molar-refractivity contribution in [1.82, 2.24) is 0 Å². The van der Waals surface area contributed by atoms with Gasteiger partial charge in [-0.25, -0.2) is 4.39 Å². The van der Waals surface area contributed by atoms with Gasteiger partial charge in [-0.2, -0.15) is 0 Å². The number of rotatable bonds is 3. The first kappa shape index (κ1) is 11.9. The summed E-state index contributed by atoms with van der Waals surface area (Å²) >= 11 is 0. The van der Waals surface area contributed by atoms with E-state index in [-0.39, 0.29) is 19.0 Å². The monoisotopic (exact) mass is 155 g/mol. The van der Waals surface area contributed by atoms with Gasteiger partial charge in [0.1, 0.15) is 5.67 Å². The molecule has 0 rings (SSSR count). The van der Waals surface area contributed by atoms with Crippen LogP contribution in [0.5, 0.6) is 0 Å². The molecule has 0 bridgehead atoms. The molecule has 0 saturated carbocycles. The Morgan fingerprint density at radius 3 is 1.67 bits per heavy atom. The summed E-state index contributed by atoms with van der Waals surface area (Å²) in [5.74, 6) is 0. The zero-order valence-electron chi connectivity index (χ0n) is 5.98. The Balaban J connectivity index is 0. The minimum absolute atomic E-state index is 0. The van der Waals surface area contributed by atoms with Crippen molar-refractivity contribution >= 4 is 12.4 Å². The molecular weight excluding hydrogens is 141 g/mol. The van der Waals surface area contributed by atoms with E-state index in [1.54, 1.807) is 0 Å². The Morgan fingerprint density at radius 2 is 1.67 bits per heavy atom. The van der Waals surface area contributed by atoms with Crippen LogP contribution in [-0.2, 0) is 0 Å². The van der Waals surface area contributed by atoms with E-state index in [9.17, 15) is 4.39 Å². The number of hydrogen-bond acceptors (Lipinski definition) is 1. The van der Waals surface area contributed by atoms with E-state index in [0.29, 0.717) is 12.8 Å². The SMILES string of the molecule is CCC(F)(CC)CN.Cl. The maximum atomic E-state index is 12.9. The second-order valence-electron chi connectivity index (χ2n) is 2.06. The van der Waals surface area contributed by atoms with Crippen molar-refractivity contribution in [1.29, 1.82) is 0 Å². The molecule has 3 heteroatoms. The molecule has 0 spiro atoms. The second-order valence-corrected chi connectivity index (χ2v) is 2.06. The van der Waals surface area contributed by atoms with Crippen molar-refractivity contribution in [2.75, 3.05) is 6.54 Å². The Kier molecular flexibility index (Phi) is 6.62. The van der Waals surface area contributed by atoms with Gasteiger partial charge in [-0.3, -0.25) is 0 Å². The average Bonchev–Trinajstić information content (AvgIpc) is 1.87. The average molecular weight is 156 g/mol. The van der Waals surface area contributed by atoms with Crippen molar-refractivity contribution in [3.63, 3.8) is 0 Å². The highest BCUT2D eigenvalue weighted by molar-refractivity contribution is 5.85. The Hall–Kier alpha value is 0.180. The predicted octanol–water partition coefficient (Wildman–Crippen LogP) is 1.90. The molecule has 58 valence electrons. The summed E-state index contributed by atoms with van der Waals surface area (Å²) < 4.78 is 12.9. The lowest BCUT2D eigenvalue weighted by Gasteiger charge is -2.18. The third-order valence-corrected chi connectivity index (χ3v) is 1.63. The largest absolute Gasteiger partial charge is 0.328 e. The van der Waals surface area contributed by atoms with Crippen LogP contribution in [0.4, 0.5) is 4.39 Å². The van der Waals surface area contributed by atoms with E-state index < -0.39 is 5.67 Å². The predicted molar refractivity (Wildman–Crippen MR) is 40.7 cm³/mol. The first-order valence-corrected chi connectivity index (χ1v) is 3.07. The molecule has 0 radical (unpaired) electrons. The second kappa shape index (κ2) is 5.00. The molecule has 0 unspecified atom stereocenters. The van der Waals surface area contributed by atoms with Crippen molar-refractivity contribution in [3.05, 3.63) is 0 Å². The topological polar surface area (TPSA) is 26.0 Å². The first-order valence-electron chi connectivity index (χ1n) is 3.07. The highest BCUT2D eigenvalue weighted by Gasteiger charge is 2.21. The lowest BCUT2D eigenvalue weighted by molar-refractivity contribution is 0.161. The summed E-state index contributed by atoms with van der Waals surface area (Å²) in [5, 5.41) is 0. The third kappa shape index (κ3) is 3.71. The molecular formula is C6H15ClFN. The van der Waals surface area contributed by atoms with E-state index in [0.717, 1.165) is 0 Å². The minimum Gasteiger partial charge on any atom is -0.328 e. The highest BCUT2D eigenvalue weighted by Crippen LogP contribution is 2.17. The van der Waals surface area contributed by atoms with E-state index in [1.807, 2.05) is 13.8 Å². The fourth-order valence-corrected chi connectivity index (χ4v) is 0.539. The van der Waals surface area contributed by atoms with Crippen LogP contribution in [0.15, 0.2) is 0 Å². The van der Waals surface area contributed by atoms with Gasteiger partial charge in [0.15, 0.2) is 0 Å². The van der Waals surface area contributed by atoms with Crippen LogP contribution in [0.2, 0.25) is 0 Å². The van der Waals surface area contributed by atoms with Crippen molar-refractivity contribution in [3.8, 4) is 0 Å². The molecule has 2 N–H and O–H groups in total. The van der Waals surface area contributed by atoms with Crippen LogP contribution in [0.25, 0.3) is 0 Å². The van der Waals surface area contributed by atoms with Gasteiger partial charge in [-0.15, -0.1) is 12.4 Å². The summed E-state index contributed by atoms with van der Waals surface area (Å²) in [6.07, 6.45) is 1.06. The molecule has 0 fully saturated rings. The van der Waals surface area contributed by atoms with Gasteiger partial charge in [0, 0.05) is 6.54 Å². The summed E-state index contributed by atoms with van der Waals surface area (Å²) in [4.78, 5) is 0. The summed E-state index contributed by atoms with van der Waals surface area (Å²) in [6.45, 7) is 3.78. The molecule has 0 amide bonds. The minimum atomic E-state index is -1.10. The molecule has 0 heterocycles. The summed E-state index contributed by atoms with van der Waals surface area (Å²) in [7, 11) is 0. The van der Waals surface area contributed by atoms with Crippen LogP contribution in [0.3, 0.4) is 0 Å². The smallest absolute Gasteiger partial charge is 0.122 e. The standard InChI is InChI=1S/C6H14FN.ClH/c1-3-6(7,4-2)5-8;/h3-5,8H2,1-2H3;1H. The molecule has 0 saturated heterocycles. The molecule has 9 heavy (non-hydrogen) atoms. The molecule has 1 nitrogen and oxygen atoms in total. The first-order chi connectivity index (χ1) is 3.68. The fourth-order valence-electron chi connectivity index (χ4n) is 0.539. The molecule has 0 aromatic heterocycles. The van der Waals surface area contributed by atoms with Crippen LogP contribution in [-0.4, -0.2) is 12.2 Å². The fraction of sp³-hybridized carbons (Fsp3) is 1.00. The molecule has 0 aromatic carbocycles. The van der Waals surface area contributed by atoms with Gasteiger partial charge in [0.2, 0.25) is 0 Å². The van der Waals surface area contributed by atoms with E-state index in [4.69, 9.17) is 5.73 Å². The lowest BCUT2D eigenvalue weighted by atomic mass is 10.0. The van der Waals surface area contributed by atoms with E-state index in [2.05, 4.69) is 0 Å². The Bertz CT molecular complexity index is 55.8. The van der Waals surface area contributed by atoms with Gasteiger partial charge in [-0.1, -0.05) is 13.8 Å². The molecule has 0 aliphatic heterocycles. The maximum Gasteiger partial charge on any atom is 0.122 e. The molecule has 0 aliphatic carbocycles. The van der Waals surface area contributed by atoms with Gasteiger partial charge in [0.05, 0.1) is 0 Å². The van der Waals surface area contributed by atoms with Crippen molar-refractivity contribution < 1.29 is 4.39 Å². The normalized spacial score (nSPS) is 10.7. The number of halogens is 2. The van der Waals surface area contributed by atoms with Crippen LogP contribution in [0, 0.1) is 0 Å². The lowest BCUT2D eigenvalue weighted by Crippen LogP contribution is -2.30. The van der Waals surface area contributed by atoms with Crippen molar-refractivity contribution in [2.45, 2.75) is 32.4 Å². The number of nitrogens with two attached hydrogens (primary N) is 1. The Morgan fingerprint density at radius 1 is 1.33 bits per heavy atom. The third-order valence-electron chi connectivity index (χ3n) is 1.63. The van der Waals surface area contributed by atoms with Gasteiger partial charge >= 0.3 is 0 Å². The molecule has 0 aliphatic rings. The van der Waals surface area contributed by atoms with Gasteiger partial charge in [-0.05, 0) is 12.8 Å². The quantitative estimate of drug-likeness (QED) is 0.662. The Labute approximate surface area is 62.2 Å². The zero-order chi connectivity index (χ0) is 6.62. The van der Waals surface area contributed by atoms with Crippen LogP contribution < -0.4 is 5.73 Å². The van der Waals surface area contributed by atoms with E-state index >= 15 is 0 Å². The number of hydrogen-bond donors (Lipinski definition) is 1. The van der Waals surface area contributed by atoms with Gasteiger partial charge < -0.3 is 5.73 Å². The highest BCUT2D eigenvalue weighted by atomic mass is 35.5. The maximum absolute atomic E-state index is 12.9. The summed E-state index contributed by atoms with van der Waals surface area (Å²) in [6, 6.07) is 0. The summed E-state index contributed by atoms with van der Waals surface area (Å²) in [5.41, 5.74) is 4.06. The van der Waals surface area contributed by atoms with Crippen LogP contribution >= 0.6 is 12.4 Å². The molecule has 0 aromatic rings. The zero-order valence-corrected chi connectivity index (χ0v) is 6.80. The van der Waals surface area contributed by atoms with Gasteiger partial charge in [0.25, 0.3) is 0 Å². The van der Waals surface area contributed by atoms with E-state index in [1.165, 1.54) is 0 Å². The van der Waals surface area contributed by atoms with Crippen molar-refractivity contribution in [2.24, 2.45) is 5.73 Å².